The summed E-state index contributed by atoms with van der Waals surface area (Å²) < 4.78 is 39.8. The molecule has 0 saturated carbocycles. The number of nitrogens with zero attached hydrogens (tertiary/aromatic N) is 1. The number of amides is 1. The van der Waals surface area contributed by atoms with Crippen LogP contribution in [-0.2, 0) is 0 Å². The van der Waals surface area contributed by atoms with Crippen molar-refractivity contribution in [2.24, 2.45) is 5.92 Å². The van der Waals surface area contributed by atoms with Gasteiger partial charge in [0.25, 0.3) is 5.91 Å². The van der Waals surface area contributed by atoms with Gasteiger partial charge in [-0.1, -0.05) is 12.1 Å². The van der Waals surface area contributed by atoms with Crippen LogP contribution in [0.15, 0.2) is 36.4 Å². The summed E-state index contributed by atoms with van der Waals surface area (Å²) in [5.41, 5.74) is 1.27. The number of benzene rings is 2. The molecule has 3 nitrogen and oxygen atoms in total. The number of carbonyl (C=O) groups excluding carboxylic acids is 1. The molecule has 2 aromatic carbocycles. The van der Waals surface area contributed by atoms with E-state index in [9.17, 15) is 18.0 Å². The number of likely N-dealkylation sites (tertiary alicyclic amines) is 1. The van der Waals surface area contributed by atoms with Gasteiger partial charge in [0.15, 0.2) is 17.5 Å². The molecule has 0 aromatic heterocycles. The van der Waals surface area contributed by atoms with Crippen LogP contribution in [0.3, 0.4) is 0 Å². The third-order valence-corrected chi connectivity index (χ3v) is 4.51. The third kappa shape index (κ3) is 3.69. The summed E-state index contributed by atoms with van der Waals surface area (Å²) in [5.74, 6) is -3.55. The van der Waals surface area contributed by atoms with Crippen molar-refractivity contribution in [2.75, 3.05) is 26.7 Å². The summed E-state index contributed by atoms with van der Waals surface area (Å²) in [6.45, 7) is 2.32. The van der Waals surface area contributed by atoms with E-state index in [0.717, 1.165) is 38.2 Å². The van der Waals surface area contributed by atoms with Crippen molar-refractivity contribution in [1.82, 2.24) is 10.2 Å². The lowest BCUT2D eigenvalue weighted by atomic mass is 10.0. The molecule has 1 amide bonds. The van der Waals surface area contributed by atoms with E-state index < -0.39 is 17.5 Å². The van der Waals surface area contributed by atoms with Crippen LogP contribution in [0.5, 0.6) is 0 Å². The number of hydrogen-bond acceptors (Lipinski definition) is 2. The quantitative estimate of drug-likeness (QED) is 0.859. The summed E-state index contributed by atoms with van der Waals surface area (Å²) in [5, 5.41) is 3.12. The van der Waals surface area contributed by atoms with Crippen molar-refractivity contribution < 1.29 is 18.0 Å². The minimum absolute atomic E-state index is 0.0541. The second-order valence-corrected chi connectivity index (χ2v) is 6.29. The first-order chi connectivity index (χ1) is 12.0. The van der Waals surface area contributed by atoms with Gasteiger partial charge in [-0.3, -0.25) is 4.79 Å². The van der Waals surface area contributed by atoms with E-state index >= 15 is 0 Å². The Balaban J connectivity index is 1.75. The van der Waals surface area contributed by atoms with Crippen molar-refractivity contribution >= 4 is 5.91 Å². The van der Waals surface area contributed by atoms with Crippen LogP contribution in [0.1, 0.15) is 16.8 Å². The zero-order valence-electron chi connectivity index (χ0n) is 13.9. The molecule has 132 valence electrons. The molecule has 1 aliphatic heterocycles. The molecule has 0 aliphatic carbocycles. The van der Waals surface area contributed by atoms with Crippen molar-refractivity contribution in [2.45, 2.75) is 6.42 Å². The maximum Gasteiger partial charge on any atom is 0.253 e. The van der Waals surface area contributed by atoms with Gasteiger partial charge in [0.05, 0.1) is 0 Å². The fraction of sp³-hybridized carbons (Fsp3) is 0.316. The molecule has 0 spiro atoms. The SMILES string of the molecule is CNCC1CCN(C(=O)c2ccc(-c3cc(F)c(F)c(F)c3)cc2)C1. The standard InChI is InChI=1S/C19H19F3N2O/c1-23-10-12-6-7-24(11-12)19(25)14-4-2-13(3-5-14)15-8-16(20)18(22)17(21)9-15/h2-5,8-9,12,23H,6-7,10-11H2,1H3. The van der Waals surface area contributed by atoms with Crippen LogP contribution in [0.2, 0.25) is 0 Å². The van der Waals surface area contributed by atoms with E-state index in [1.54, 1.807) is 24.3 Å². The first kappa shape index (κ1) is 17.5. The Kier molecular flexibility index (Phi) is 5.08. The van der Waals surface area contributed by atoms with Crippen molar-refractivity contribution in [3.05, 3.63) is 59.4 Å². The van der Waals surface area contributed by atoms with E-state index in [0.29, 0.717) is 17.0 Å². The van der Waals surface area contributed by atoms with E-state index in [-0.39, 0.29) is 11.5 Å². The third-order valence-electron chi connectivity index (χ3n) is 4.51. The molecule has 1 heterocycles. The Labute approximate surface area is 144 Å². The summed E-state index contributed by atoms with van der Waals surface area (Å²) in [6, 6.07) is 8.36. The van der Waals surface area contributed by atoms with Crippen LogP contribution in [-0.4, -0.2) is 37.5 Å². The summed E-state index contributed by atoms with van der Waals surface area (Å²) >= 11 is 0. The van der Waals surface area contributed by atoms with Crippen molar-refractivity contribution in [3.63, 3.8) is 0 Å². The predicted molar refractivity (Wildman–Crippen MR) is 89.7 cm³/mol. The maximum absolute atomic E-state index is 13.4. The lowest BCUT2D eigenvalue weighted by molar-refractivity contribution is 0.0787. The second kappa shape index (κ2) is 7.27. The van der Waals surface area contributed by atoms with Gasteiger partial charge in [-0.05, 0) is 61.3 Å². The molecule has 3 rings (SSSR count). The highest BCUT2D eigenvalue weighted by molar-refractivity contribution is 5.94. The first-order valence-electron chi connectivity index (χ1n) is 8.18. The molecule has 0 radical (unpaired) electrons. The van der Waals surface area contributed by atoms with Gasteiger partial charge in [-0.25, -0.2) is 13.2 Å². The number of hydrogen-bond donors (Lipinski definition) is 1. The molecule has 1 saturated heterocycles. The molecule has 6 heteroatoms. The van der Waals surface area contributed by atoms with Gasteiger partial charge >= 0.3 is 0 Å². The zero-order chi connectivity index (χ0) is 18.0. The molecule has 1 unspecified atom stereocenters. The fourth-order valence-electron chi connectivity index (χ4n) is 3.18. The number of nitrogens with one attached hydrogen (secondary N) is 1. The first-order valence-corrected chi connectivity index (χ1v) is 8.18. The zero-order valence-corrected chi connectivity index (χ0v) is 13.9. The summed E-state index contributed by atoms with van der Waals surface area (Å²) in [4.78, 5) is 14.3. The van der Waals surface area contributed by atoms with E-state index in [2.05, 4.69) is 5.32 Å². The number of carbonyl (C=O) groups is 1. The molecular weight excluding hydrogens is 329 g/mol. The number of halogens is 3. The Morgan fingerprint density at radius 3 is 2.36 bits per heavy atom. The largest absolute Gasteiger partial charge is 0.338 e. The maximum atomic E-state index is 13.4. The smallest absolute Gasteiger partial charge is 0.253 e. The fourth-order valence-corrected chi connectivity index (χ4v) is 3.18. The second-order valence-electron chi connectivity index (χ2n) is 6.29. The van der Waals surface area contributed by atoms with Gasteiger partial charge in [0, 0.05) is 18.7 Å². The van der Waals surface area contributed by atoms with E-state index in [4.69, 9.17) is 0 Å². The molecule has 1 N–H and O–H groups in total. The van der Waals surface area contributed by atoms with Crippen LogP contribution in [0.25, 0.3) is 11.1 Å². The van der Waals surface area contributed by atoms with Gasteiger partial charge < -0.3 is 10.2 Å². The minimum atomic E-state index is -1.49. The highest BCUT2D eigenvalue weighted by Gasteiger charge is 2.26. The highest BCUT2D eigenvalue weighted by Crippen LogP contribution is 2.25. The van der Waals surface area contributed by atoms with Crippen LogP contribution in [0.4, 0.5) is 13.2 Å². The van der Waals surface area contributed by atoms with Gasteiger partial charge in [-0.15, -0.1) is 0 Å². The van der Waals surface area contributed by atoms with Crippen molar-refractivity contribution in [3.8, 4) is 11.1 Å². The molecular formula is C19H19F3N2O. The molecule has 1 fully saturated rings. The average molecular weight is 348 g/mol. The van der Waals surface area contributed by atoms with Crippen LogP contribution >= 0.6 is 0 Å². The molecule has 2 aromatic rings. The normalized spacial score (nSPS) is 17.1. The molecule has 1 atom stereocenters. The monoisotopic (exact) mass is 348 g/mol. The lowest BCUT2D eigenvalue weighted by Gasteiger charge is -2.17. The van der Waals surface area contributed by atoms with Crippen LogP contribution < -0.4 is 5.32 Å². The number of rotatable bonds is 4. The Bertz CT molecular complexity index is 754. The summed E-state index contributed by atoms with van der Waals surface area (Å²) in [6.07, 6.45) is 0.971. The van der Waals surface area contributed by atoms with Gasteiger partial charge in [-0.2, -0.15) is 0 Å². The van der Waals surface area contributed by atoms with Gasteiger partial charge in [0.1, 0.15) is 0 Å². The Hall–Kier alpha value is -2.34. The predicted octanol–water partition coefficient (Wildman–Crippen LogP) is 3.45. The van der Waals surface area contributed by atoms with Gasteiger partial charge in [0.2, 0.25) is 0 Å². The molecule has 1 aliphatic rings. The summed E-state index contributed by atoms with van der Waals surface area (Å²) in [7, 11) is 1.89. The van der Waals surface area contributed by atoms with Crippen LogP contribution in [0, 0.1) is 23.4 Å². The highest BCUT2D eigenvalue weighted by atomic mass is 19.2. The Morgan fingerprint density at radius 2 is 1.76 bits per heavy atom. The van der Waals surface area contributed by atoms with E-state index in [1.807, 2.05) is 11.9 Å². The lowest BCUT2D eigenvalue weighted by Crippen LogP contribution is -2.30. The Morgan fingerprint density at radius 1 is 1.12 bits per heavy atom. The average Bonchev–Trinajstić information content (AvgIpc) is 3.08. The van der Waals surface area contributed by atoms with E-state index in [1.165, 1.54) is 0 Å². The minimum Gasteiger partial charge on any atom is -0.338 e. The topological polar surface area (TPSA) is 32.3 Å². The molecule has 0 bridgehead atoms. The van der Waals surface area contributed by atoms with Crippen molar-refractivity contribution in [1.29, 1.82) is 0 Å². The molecule has 25 heavy (non-hydrogen) atoms.